The smallest absolute Gasteiger partial charge is 0.247 e. The number of ether oxygens (including phenoxy) is 1. The molecule has 25 heavy (non-hydrogen) atoms. The fourth-order valence-electron chi connectivity index (χ4n) is 3.16. The van der Waals surface area contributed by atoms with Crippen molar-refractivity contribution in [2.24, 2.45) is 5.41 Å². The van der Waals surface area contributed by atoms with Gasteiger partial charge in [0.05, 0.1) is 11.4 Å². The fourth-order valence-corrected chi connectivity index (χ4v) is 4.66. The second-order valence-corrected chi connectivity index (χ2v) is 8.93. The lowest BCUT2D eigenvalue weighted by Crippen LogP contribution is -2.41. The Bertz CT molecular complexity index is 811. The molecule has 1 aromatic heterocycles. The van der Waals surface area contributed by atoms with Crippen LogP contribution in [0.4, 0.5) is 5.95 Å². The number of aryl methyl sites for hydroxylation is 1. The quantitative estimate of drug-likeness (QED) is 0.822. The van der Waals surface area contributed by atoms with Crippen molar-refractivity contribution in [1.82, 2.24) is 20.2 Å². The lowest BCUT2D eigenvalue weighted by molar-refractivity contribution is 0.0314. The third-order valence-corrected chi connectivity index (χ3v) is 5.63. The van der Waals surface area contributed by atoms with Crippen LogP contribution in [0.5, 0.6) is 0 Å². The summed E-state index contributed by atoms with van der Waals surface area (Å²) in [7, 11) is -3.09. The lowest BCUT2D eigenvalue weighted by atomic mass is 9.82. The molecule has 1 fully saturated rings. The number of nitrogens with zero attached hydrogens (tertiary/aromatic N) is 4. The summed E-state index contributed by atoms with van der Waals surface area (Å²) < 4.78 is 30.8. The van der Waals surface area contributed by atoms with Gasteiger partial charge in [0.15, 0.2) is 0 Å². The zero-order valence-electron chi connectivity index (χ0n) is 14.5. The van der Waals surface area contributed by atoms with Crippen LogP contribution in [0.25, 0.3) is 5.69 Å². The first-order chi connectivity index (χ1) is 11.9. The summed E-state index contributed by atoms with van der Waals surface area (Å²) >= 11 is 0. The number of aromatic nitrogens is 4. The lowest BCUT2D eigenvalue weighted by Gasteiger charge is -2.36. The van der Waals surface area contributed by atoms with Crippen molar-refractivity contribution in [2.75, 3.05) is 37.1 Å². The van der Waals surface area contributed by atoms with Crippen LogP contribution >= 0.6 is 0 Å². The molecule has 0 aliphatic carbocycles. The average molecular weight is 365 g/mol. The van der Waals surface area contributed by atoms with E-state index in [9.17, 15) is 8.42 Å². The standard InChI is InChI=1S/C16H23N5O3S/c1-13-3-5-14(6-4-13)21-15(18-19-20-21)17-11-16(12-25(2,22)23)7-9-24-10-8-16/h3-6H,7-12H2,1-2H3,(H,17,18,20). The van der Waals surface area contributed by atoms with Crippen LogP contribution in [0.15, 0.2) is 24.3 Å². The molecule has 0 radical (unpaired) electrons. The van der Waals surface area contributed by atoms with Crippen molar-refractivity contribution in [3.05, 3.63) is 29.8 Å². The van der Waals surface area contributed by atoms with Gasteiger partial charge in [0.25, 0.3) is 0 Å². The monoisotopic (exact) mass is 365 g/mol. The van der Waals surface area contributed by atoms with E-state index in [0.717, 1.165) is 11.3 Å². The van der Waals surface area contributed by atoms with Gasteiger partial charge >= 0.3 is 0 Å². The van der Waals surface area contributed by atoms with Gasteiger partial charge in [0.2, 0.25) is 5.95 Å². The second kappa shape index (κ2) is 7.09. The number of rotatable bonds is 6. The van der Waals surface area contributed by atoms with Crippen molar-refractivity contribution in [3.8, 4) is 5.69 Å². The van der Waals surface area contributed by atoms with Crippen LogP contribution in [0.3, 0.4) is 0 Å². The molecule has 1 N–H and O–H groups in total. The topological polar surface area (TPSA) is 99.0 Å². The molecule has 0 atom stereocenters. The predicted molar refractivity (Wildman–Crippen MR) is 94.6 cm³/mol. The molecule has 8 nitrogen and oxygen atoms in total. The highest BCUT2D eigenvalue weighted by Gasteiger charge is 2.36. The molecule has 2 aromatic rings. The summed E-state index contributed by atoms with van der Waals surface area (Å²) in [6.07, 6.45) is 2.67. The fraction of sp³-hybridized carbons (Fsp3) is 0.562. The van der Waals surface area contributed by atoms with Crippen LogP contribution in [-0.2, 0) is 14.6 Å². The molecule has 0 spiro atoms. The van der Waals surface area contributed by atoms with Crippen LogP contribution in [0.1, 0.15) is 18.4 Å². The highest BCUT2D eigenvalue weighted by atomic mass is 32.2. The summed E-state index contributed by atoms with van der Waals surface area (Å²) in [6, 6.07) is 7.87. The molecule has 3 rings (SSSR count). The Kier molecular flexibility index (Phi) is 5.05. The molecule has 0 amide bonds. The maximum absolute atomic E-state index is 11.9. The minimum absolute atomic E-state index is 0.127. The SMILES string of the molecule is Cc1ccc(-n2nnnc2NCC2(CS(C)(=O)=O)CCOCC2)cc1. The summed E-state index contributed by atoms with van der Waals surface area (Å²) in [6.45, 7) is 3.64. The Balaban J connectivity index is 1.78. The zero-order valence-corrected chi connectivity index (χ0v) is 15.3. The van der Waals surface area contributed by atoms with Crippen molar-refractivity contribution in [1.29, 1.82) is 0 Å². The number of sulfone groups is 1. The normalized spacial score (nSPS) is 17.4. The molecule has 1 aromatic carbocycles. The number of anilines is 1. The maximum Gasteiger partial charge on any atom is 0.247 e. The van der Waals surface area contributed by atoms with Gasteiger partial charge in [-0.3, -0.25) is 0 Å². The molecular weight excluding hydrogens is 342 g/mol. The molecule has 2 heterocycles. The zero-order chi connectivity index (χ0) is 17.9. The Hall–Kier alpha value is -2.00. The van der Waals surface area contributed by atoms with Crippen molar-refractivity contribution >= 4 is 15.8 Å². The van der Waals surface area contributed by atoms with Gasteiger partial charge in [-0.1, -0.05) is 22.8 Å². The number of tetrazole rings is 1. The van der Waals surface area contributed by atoms with E-state index in [1.54, 1.807) is 4.68 Å². The summed E-state index contributed by atoms with van der Waals surface area (Å²) in [4.78, 5) is 0. The molecule has 0 saturated carbocycles. The van der Waals surface area contributed by atoms with Crippen molar-refractivity contribution in [2.45, 2.75) is 19.8 Å². The van der Waals surface area contributed by atoms with E-state index >= 15 is 0 Å². The minimum Gasteiger partial charge on any atom is -0.381 e. The summed E-state index contributed by atoms with van der Waals surface area (Å²) in [5.41, 5.74) is 1.64. The van der Waals surface area contributed by atoms with Gasteiger partial charge in [0, 0.05) is 31.4 Å². The van der Waals surface area contributed by atoms with Crippen molar-refractivity contribution < 1.29 is 13.2 Å². The average Bonchev–Trinajstić information content (AvgIpc) is 3.02. The Morgan fingerprint density at radius 1 is 1.24 bits per heavy atom. The van der Waals surface area contributed by atoms with E-state index in [2.05, 4.69) is 20.8 Å². The van der Waals surface area contributed by atoms with E-state index in [1.807, 2.05) is 31.2 Å². The number of hydrogen-bond acceptors (Lipinski definition) is 7. The second-order valence-electron chi connectivity index (χ2n) is 6.79. The predicted octanol–water partition coefficient (Wildman–Crippen LogP) is 1.22. The van der Waals surface area contributed by atoms with Gasteiger partial charge in [0.1, 0.15) is 9.84 Å². The highest BCUT2D eigenvalue weighted by molar-refractivity contribution is 7.90. The molecule has 0 unspecified atom stereocenters. The van der Waals surface area contributed by atoms with E-state index in [4.69, 9.17) is 4.74 Å². The van der Waals surface area contributed by atoms with E-state index in [1.165, 1.54) is 6.26 Å². The van der Waals surface area contributed by atoms with E-state index < -0.39 is 9.84 Å². The van der Waals surface area contributed by atoms with Gasteiger partial charge in [-0.25, -0.2) is 8.42 Å². The summed E-state index contributed by atoms with van der Waals surface area (Å²) in [5, 5.41) is 15.1. The highest BCUT2D eigenvalue weighted by Crippen LogP contribution is 2.32. The van der Waals surface area contributed by atoms with E-state index in [0.29, 0.717) is 38.5 Å². The molecule has 1 aliphatic rings. The van der Waals surface area contributed by atoms with Gasteiger partial charge in [-0.2, -0.15) is 4.68 Å². The Morgan fingerprint density at radius 2 is 1.92 bits per heavy atom. The van der Waals surface area contributed by atoms with Crippen LogP contribution in [0.2, 0.25) is 0 Å². The van der Waals surface area contributed by atoms with Gasteiger partial charge in [-0.05, 0) is 42.3 Å². The molecule has 9 heteroatoms. The third kappa shape index (κ3) is 4.55. The first-order valence-corrected chi connectivity index (χ1v) is 10.3. The molecule has 136 valence electrons. The van der Waals surface area contributed by atoms with Crippen molar-refractivity contribution in [3.63, 3.8) is 0 Å². The van der Waals surface area contributed by atoms with Gasteiger partial charge < -0.3 is 10.1 Å². The molecule has 1 saturated heterocycles. The Morgan fingerprint density at radius 3 is 2.56 bits per heavy atom. The largest absolute Gasteiger partial charge is 0.381 e. The van der Waals surface area contributed by atoms with Crippen LogP contribution in [-0.4, -0.2) is 60.4 Å². The van der Waals surface area contributed by atoms with E-state index in [-0.39, 0.29) is 11.2 Å². The molecular formula is C16H23N5O3S. The number of hydrogen-bond donors (Lipinski definition) is 1. The van der Waals surface area contributed by atoms with Crippen LogP contribution in [0, 0.1) is 12.3 Å². The Labute approximate surface area is 147 Å². The molecule has 0 bridgehead atoms. The summed E-state index contributed by atoms with van der Waals surface area (Å²) in [5.74, 6) is 0.630. The third-order valence-electron chi connectivity index (χ3n) is 4.49. The first-order valence-electron chi connectivity index (χ1n) is 8.22. The van der Waals surface area contributed by atoms with Crippen LogP contribution < -0.4 is 5.32 Å². The molecule has 1 aliphatic heterocycles. The van der Waals surface area contributed by atoms with Gasteiger partial charge in [-0.15, -0.1) is 0 Å². The number of nitrogens with one attached hydrogen (secondary N) is 1. The number of benzene rings is 1. The first kappa shape index (κ1) is 17.8. The minimum atomic E-state index is -3.09. The maximum atomic E-state index is 11.9.